The molecule has 144 valence electrons. The van der Waals surface area contributed by atoms with Crippen molar-refractivity contribution < 1.29 is 4.79 Å². The number of amides is 1. The number of hydrogen-bond acceptors (Lipinski definition) is 3. The highest BCUT2D eigenvalue weighted by atomic mass is 16.2. The van der Waals surface area contributed by atoms with Crippen molar-refractivity contribution in [3.05, 3.63) is 34.4 Å². The minimum Gasteiger partial charge on any atom is -0.342 e. The minimum atomic E-state index is 0.248. The number of likely N-dealkylation sites (N-methyl/N-ethyl adjacent to an activating group) is 2. The van der Waals surface area contributed by atoms with E-state index in [1.165, 1.54) is 41.8 Å². The first kappa shape index (κ1) is 19.4. The Morgan fingerprint density at radius 1 is 1.00 bits per heavy atom. The van der Waals surface area contributed by atoms with E-state index in [0.29, 0.717) is 12.3 Å². The van der Waals surface area contributed by atoms with Gasteiger partial charge in [0.2, 0.25) is 5.91 Å². The fourth-order valence-corrected chi connectivity index (χ4v) is 4.98. The SMILES string of the molecule is Cc1cc(C)c(CC(=O)N2CCC3(CC2)CN(C)CCCN3C)c(C)c1. The van der Waals surface area contributed by atoms with Gasteiger partial charge in [-0.2, -0.15) is 0 Å². The van der Waals surface area contributed by atoms with E-state index in [1.54, 1.807) is 0 Å². The average molecular weight is 358 g/mol. The normalized spacial score (nSPS) is 21.8. The maximum absolute atomic E-state index is 12.9. The van der Waals surface area contributed by atoms with Gasteiger partial charge in [-0.05, 0) is 83.9 Å². The maximum Gasteiger partial charge on any atom is 0.227 e. The summed E-state index contributed by atoms with van der Waals surface area (Å²) in [6, 6.07) is 4.38. The lowest BCUT2D eigenvalue weighted by Crippen LogP contribution is -2.58. The van der Waals surface area contributed by atoms with Crippen molar-refractivity contribution in [2.24, 2.45) is 0 Å². The number of likely N-dealkylation sites (tertiary alicyclic amines) is 1. The van der Waals surface area contributed by atoms with Crippen LogP contribution in [-0.2, 0) is 11.2 Å². The highest BCUT2D eigenvalue weighted by Crippen LogP contribution is 2.31. The van der Waals surface area contributed by atoms with Crippen LogP contribution in [0.25, 0.3) is 0 Å². The predicted octanol–water partition coefficient (Wildman–Crippen LogP) is 2.78. The number of benzene rings is 1. The molecule has 4 heteroatoms. The highest BCUT2D eigenvalue weighted by molar-refractivity contribution is 5.79. The van der Waals surface area contributed by atoms with Gasteiger partial charge in [0, 0.05) is 25.2 Å². The molecule has 0 aliphatic carbocycles. The molecular weight excluding hydrogens is 322 g/mol. The van der Waals surface area contributed by atoms with Crippen LogP contribution in [0.4, 0.5) is 0 Å². The van der Waals surface area contributed by atoms with E-state index >= 15 is 0 Å². The monoisotopic (exact) mass is 357 g/mol. The van der Waals surface area contributed by atoms with E-state index in [9.17, 15) is 4.79 Å². The second-order valence-corrected chi connectivity index (χ2v) is 8.67. The minimum absolute atomic E-state index is 0.248. The third-order valence-electron chi connectivity index (χ3n) is 6.62. The molecular formula is C22H35N3O. The van der Waals surface area contributed by atoms with Crippen LogP contribution >= 0.6 is 0 Å². The Morgan fingerprint density at radius 3 is 2.23 bits per heavy atom. The number of aryl methyl sites for hydroxylation is 3. The highest BCUT2D eigenvalue weighted by Gasteiger charge is 2.40. The molecule has 1 aromatic carbocycles. The largest absolute Gasteiger partial charge is 0.342 e. The lowest BCUT2D eigenvalue weighted by atomic mass is 9.85. The van der Waals surface area contributed by atoms with Gasteiger partial charge < -0.3 is 9.80 Å². The van der Waals surface area contributed by atoms with Gasteiger partial charge in [-0.15, -0.1) is 0 Å². The molecule has 0 aromatic heterocycles. The van der Waals surface area contributed by atoms with Crippen LogP contribution in [0.15, 0.2) is 12.1 Å². The van der Waals surface area contributed by atoms with Crippen LogP contribution in [0.1, 0.15) is 41.5 Å². The first-order valence-corrected chi connectivity index (χ1v) is 10.0. The molecule has 0 N–H and O–H groups in total. The molecule has 2 fully saturated rings. The smallest absolute Gasteiger partial charge is 0.227 e. The van der Waals surface area contributed by atoms with Crippen LogP contribution in [0.5, 0.6) is 0 Å². The molecule has 1 aromatic rings. The van der Waals surface area contributed by atoms with Crippen LogP contribution < -0.4 is 0 Å². The standard InChI is InChI=1S/C22H35N3O/c1-17-13-18(2)20(19(3)14-17)15-21(26)25-11-7-22(8-12-25)16-23(4)9-6-10-24(22)5/h13-14H,6-12,15-16H2,1-5H3. The quantitative estimate of drug-likeness (QED) is 0.814. The average Bonchev–Trinajstić information content (AvgIpc) is 2.70. The molecule has 0 saturated carbocycles. The molecule has 1 spiro atoms. The molecule has 2 aliphatic heterocycles. The molecule has 2 aliphatic rings. The molecule has 26 heavy (non-hydrogen) atoms. The lowest BCUT2D eigenvalue weighted by Gasteiger charge is -2.47. The number of piperidine rings is 1. The van der Waals surface area contributed by atoms with E-state index < -0.39 is 0 Å². The van der Waals surface area contributed by atoms with Gasteiger partial charge in [0.25, 0.3) is 0 Å². The summed E-state index contributed by atoms with van der Waals surface area (Å²) in [4.78, 5) is 20.1. The Labute approximate surface area is 159 Å². The van der Waals surface area contributed by atoms with E-state index in [4.69, 9.17) is 0 Å². The zero-order chi connectivity index (χ0) is 18.9. The Bertz CT molecular complexity index is 638. The summed E-state index contributed by atoms with van der Waals surface area (Å²) in [5.41, 5.74) is 5.23. The van der Waals surface area contributed by atoms with Gasteiger partial charge in [0.15, 0.2) is 0 Å². The van der Waals surface area contributed by atoms with Gasteiger partial charge >= 0.3 is 0 Å². The van der Waals surface area contributed by atoms with Crippen LogP contribution in [-0.4, -0.2) is 73.0 Å². The summed E-state index contributed by atoms with van der Waals surface area (Å²) in [7, 11) is 4.51. The molecule has 0 radical (unpaired) electrons. The van der Waals surface area contributed by atoms with Crippen molar-refractivity contribution >= 4 is 5.91 Å². The van der Waals surface area contributed by atoms with Crippen molar-refractivity contribution in [3.8, 4) is 0 Å². The summed E-state index contributed by atoms with van der Waals surface area (Å²) >= 11 is 0. The Kier molecular flexibility index (Phi) is 5.73. The number of carbonyl (C=O) groups is 1. The fraction of sp³-hybridized carbons (Fsp3) is 0.682. The third-order valence-corrected chi connectivity index (χ3v) is 6.62. The van der Waals surface area contributed by atoms with E-state index in [-0.39, 0.29) is 5.54 Å². The van der Waals surface area contributed by atoms with Gasteiger partial charge in [-0.25, -0.2) is 0 Å². The third kappa shape index (κ3) is 3.96. The summed E-state index contributed by atoms with van der Waals surface area (Å²) < 4.78 is 0. The van der Waals surface area contributed by atoms with Crippen LogP contribution in [0, 0.1) is 20.8 Å². The Morgan fingerprint density at radius 2 is 1.62 bits per heavy atom. The molecule has 1 amide bonds. The number of nitrogens with zero attached hydrogens (tertiary/aromatic N) is 3. The van der Waals surface area contributed by atoms with Gasteiger partial charge in [0.05, 0.1) is 6.42 Å². The Hall–Kier alpha value is -1.39. The predicted molar refractivity (Wildman–Crippen MR) is 108 cm³/mol. The Balaban J connectivity index is 1.65. The first-order chi connectivity index (χ1) is 12.3. The van der Waals surface area contributed by atoms with Gasteiger partial charge in [-0.3, -0.25) is 9.69 Å². The van der Waals surface area contributed by atoms with Gasteiger partial charge in [-0.1, -0.05) is 17.7 Å². The second-order valence-electron chi connectivity index (χ2n) is 8.67. The summed E-state index contributed by atoms with van der Waals surface area (Å²) in [6.07, 6.45) is 3.96. The summed E-state index contributed by atoms with van der Waals surface area (Å²) in [5, 5.41) is 0. The zero-order valence-electron chi connectivity index (χ0n) is 17.3. The summed E-state index contributed by atoms with van der Waals surface area (Å²) in [6.45, 7) is 11.6. The van der Waals surface area contributed by atoms with E-state index in [1.807, 2.05) is 0 Å². The van der Waals surface area contributed by atoms with Crippen molar-refractivity contribution in [3.63, 3.8) is 0 Å². The zero-order valence-corrected chi connectivity index (χ0v) is 17.3. The van der Waals surface area contributed by atoms with Crippen molar-refractivity contribution in [1.29, 1.82) is 0 Å². The first-order valence-electron chi connectivity index (χ1n) is 10.0. The number of rotatable bonds is 2. The molecule has 0 unspecified atom stereocenters. The van der Waals surface area contributed by atoms with Gasteiger partial charge in [0.1, 0.15) is 0 Å². The lowest BCUT2D eigenvalue weighted by molar-refractivity contribution is -0.133. The summed E-state index contributed by atoms with van der Waals surface area (Å²) in [5.74, 6) is 0.291. The maximum atomic E-state index is 12.9. The van der Waals surface area contributed by atoms with Crippen molar-refractivity contribution in [1.82, 2.24) is 14.7 Å². The molecule has 0 bridgehead atoms. The van der Waals surface area contributed by atoms with E-state index in [2.05, 4.69) is 61.7 Å². The second kappa shape index (κ2) is 7.69. The molecule has 2 saturated heterocycles. The molecule has 4 nitrogen and oxygen atoms in total. The number of hydrogen-bond donors (Lipinski definition) is 0. The van der Waals surface area contributed by atoms with Crippen LogP contribution in [0.3, 0.4) is 0 Å². The molecule has 2 heterocycles. The molecule has 0 atom stereocenters. The number of carbonyl (C=O) groups excluding carboxylic acids is 1. The fourth-order valence-electron chi connectivity index (χ4n) is 4.98. The van der Waals surface area contributed by atoms with Crippen LogP contribution in [0.2, 0.25) is 0 Å². The topological polar surface area (TPSA) is 26.8 Å². The van der Waals surface area contributed by atoms with Crippen molar-refractivity contribution in [2.75, 3.05) is 46.8 Å². The molecule has 3 rings (SSSR count). The van der Waals surface area contributed by atoms with E-state index in [0.717, 1.165) is 32.5 Å². The van der Waals surface area contributed by atoms with Crippen molar-refractivity contribution in [2.45, 2.75) is 52.0 Å².